The van der Waals surface area contributed by atoms with E-state index in [4.69, 9.17) is 5.26 Å². The quantitative estimate of drug-likeness (QED) is 0.185. The smallest absolute Gasteiger partial charge is 0.0621 e. The molecule has 0 aliphatic carbocycles. The van der Waals surface area contributed by atoms with Gasteiger partial charge >= 0.3 is 0 Å². The molecule has 0 saturated carbocycles. The third-order valence-corrected chi connectivity index (χ3v) is 4.55. The van der Waals surface area contributed by atoms with E-state index in [9.17, 15) is 0 Å². The Kier molecular flexibility index (Phi) is 20.5. The fourth-order valence-corrected chi connectivity index (χ4v) is 2.98. The minimum absolute atomic E-state index is 0.715. The average molecular weight is 320 g/mol. The number of hydrogen-bond acceptors (Lipinski definition) is 1. The first kappa shape index (κ1) is 22.2. The van der Waals surface area contributed by atoms with Crippen molar-refractivity contribution in [2.24, 2.45) is 0 Å². The van der Waals surface area contributed by atoms with E-state index in [1.165, 1.54) is 96.3 Å². The van der Waals surface area contributed by atoms with Crippen LogP contribution < -0.4 is 0 Å². The average Bonchev–Trinajstić information content (AvgIpc) is 2.57. The molecule has 0 rings (SSSR count). The molecule has 1 nitrogen and oxygen atoms in total. The molecule has 1 heteroatoms. The minimum Gasteiger partial charge on any atom is -0.198 e. The summed E-state index contributed by atoms with van der Waals surface area (Å²) in [6, 6.07) is 2.20. The second kappa shape index (κ2) is 21.2. The molecule has 0 aromatic rings. The zero-order valence-corrected chi connectivity index (χ0v) is 15.8. The summed E-state index contributed by atoms with van der Waals surface area (Å²) in [7, 11) is 0. The van der Waals surface area contributed by atoms with Crippen molar-refractivity contribution in [3.8, 4) is 6.07 Å². The van der Waals surface area contributed by atoms with Crippen molar-refractivity contribution in [2.45, 2.75) is 122 Å². The summed E-state index contributed by atoms with van der Waals surface area (Å²) in [5, 5.41) is 8.44. The Bertz CT molecular complexity index is 274. The van der Waals surface area contributed by atoms with Gasteiger partial charge in [0.1, 0.15) is 0 Å². The lowest BCUT2D eigenvalue weighted by Gasteiger charge is -2.02. The van der Waals surface area contributed by atoms with Gasteiger partial charge in [-0.25, -0.2) is 0 Å². The van der Waals surface area contributed by atoms with Crippen molar-refractivity contribution < 1.29 is 0 Å². The van der Waals surface area contributed by atoms with Crippen LogP contribution in [0.2, 0.25) is 0 Å². The molecule has 0 spiro atoms. The first-order valence-electron chi connectivity index (χ1n) is 10.4. The number of unbranched alkanes of at least 4 members (excludes halogenated alkanes) is 16. The van der Waals surface area contributed by atoms with Crippen LogP contribution in [0, 0.1) is 11.3 Å². The van der Waals surface area contributed by atoms with Crippen LogP contribution in [0.4, 0.5) is 0 Å². The Morgan fingerprint density at radius 1 is 0.565 bits per heavy atom. The predicted octanol–water partition coefficient (Wildman–Crippen LogP) is 8.11. The van der Waals surface area contributed by atoms with Crippen LogP contribution in [0.5, 0.6) is 0 Å². The predicted molar refractivity (Wildman–Crippen MR) is 104 cm³/mol. The number of nitrogens with zero attached hydrogens (tertiary/aromatic N) is 1. The molecule has 0 amide bonds. The lowest BCUT2D eigenvalue weighted by atomic mass is 10.0. The normalized spacial score (nSPS) is 11.1. The second-order valence-corrected chi connectivity index (χ2v) is 6.91. The standard InChI is InChI=1S/C22H41N/c1-2-3-4-5-6-7-8-9-10-11-12-13-14-15-16-17-18-19-20-21-22-23/h16-17H,2-15,18-21H2,1H3. The molecule has 0 atom stereocenters. The highest BCUT2D eigenvalue weighted by Crippen LogP contribution is 2.13. The van der Waals surface area contributed by atoms with E-state index in [2.05, 4.69) is 25.1 Å². The van der Waals surface area contributed by atoms with Crippen LogP contribution >= 0.6 is 0 Å². The molecule has 0 bridgehead atoms. The molecule has 0 aromatic heterocycles. The van der Waals surface area contributed by atoms with Gasteiger partial charge in [-0.2, -0.15) is 5.26 Å². The summed E-state index contributed by atoms with van der Waals surface area (Å²) < 4.78 is 0. The summed E-state index contributed by atoms with van der Waals surface area (Å²) in [6.07, 6.45) is 28.6. The van der Waals surface area contributed by atoms with Gasteiger partial charge < -0.3 is 0 Å². The number of hydrogen-bond donors (Lipinski definition) is 0. The molecule has 0 radical (unpaired) electrons. The zero-order valence-electron chi connectivity index (χ0n) is 15.8. The van der Waals surface area contributed by atoms with E-state index in [0.29, 0.717) is 6.42 Å². The number of nitriles is 1. The largest absolute Gasteiger partial charge is 0.198 e. The van der Waals surface area contributed by atoms with Crippen molar-refractivity contribution in [1.82, 2.24) is 0 Å². The third kappa shape index (κ3) is 21.2. The van der Waals surface area contributed by atoms with E-state index in [-0.39, 0.29) is 0 Å². The summed E-state index contributed by atoms with van der Waals surface area (Å²) in [4.78, 5) is 0. The van der Waals surface area contributed by atoms with Gasteiger partial charge in [0.15, 0.2) is 0 Å². The molecule has 0 N–H and O–H groups in total. The SMILES string of the molecule is CCCCCCCCCCCCCCCC=CCCCCC#N. The number of rotatable bonds is 18. The Morgan fingerprint density at radius 2 is 0.957 bits per heavy atom. The van der Waals surface area contributed by atoms with Crippen molar-refractivity contribution in [1.29, 1.82) is 5.26 Å². The van der Waals surface area contributed by atoms with Crippen molar-refractivity contribution in [3.63, 3.8) is 0 Å². The van der Waals surface area contributed by atoms with Crippen molar-refractivity contribution in [3.05, 3.63) is 12.2 Å². The van der Waals surface area contributed by atoms with Gasteiger partial charge in [-0.3, -0.25) is 0 Å². The summed E-state index contributed by atoms with van der Waals surface area (Å²) in [6.45, 7) is 2.29. The summed E-state index contributed by atoms with van der Waals surface area (Å²) in [5.74, 6) is 0. The van der Waals surface area contributed by atoms with Gasteiger partial charge in [-0.05, 0) is 32.1 Å². The second-order valence-electron chi connectivity index (χ2n) is 6.91. The maximum atomic E-state index is 8.44. The molecule has 0 aliphatic heterocycles. The summed E-state index contributed by atoms with van der Waals surface area (Å²) >= 11 is 0. The Labute approximate surface area is 146 Å². The zero-order chi connectivity index (χ0) is 16.8. The molecule has 0 unspecified atom stereocenters. The first-order valence-corrected chi connectivity index (χ1v) is 10.4. The molecule has 0 saturated heterocycles. The van der Waals surface area contributed by atoms with Crippen LogP contribution in [-0.4, -0.2) is 0 Å². The maximum Gasteiger partial charge on any atom is 0.0621 e. The van der Waals surface area contributed by atoms with Gasteiger partial charge in [0.2, 0.25) is 0 Å². The van der Waals surface area contributed by atoms with Crippen LogP contribution in [0.3, 0.4) is 0 Å². The lowest BCUT2D eigenvalue weighted by Crippen LogP contribution is -1.82. The van der Waals surface area contributed by atoms with E-state index in [1.807, 2.05) is 0 Å². The van der Waals surface area contributed by atoms with Crippen LogP contribution in [0.1, 0.15) is 122 Å². The van der Waals surface area contributed by atoms with Crippen LogP contribution in [0.15, 0.2) is 12.2 Å². The summed E-state index contributed by atoms with van der Waals surface area (Å²) in [5.41, 5.74) is 0. The first-order chi connectivity index (χ1) is 11.4. The molecule has 134 valence electrons. The van der Waals surface area contributed by atoms with Crippen LogP contribution in [0.25, 0.3) is 0 Å². The van der Waals surface area contributed by atoms with Crippen molar-refractivity contribution >= 4 is 0 Å². The molecule has 23 heavy (non-hydrogen) atoms. The Balaban J connectivity index is 3.02. The van der Waals surface area contributed by atoms with Crippen LogP contribution in [-0.2, 0) is 0 Å². The molecular weight excluding hydrogens is 278 g/mol. The molecule has 0 aromatic carbocycles. The third-order valence-electron chi connectivity index (χ3n) is 4.55. The maximum absolute atomic E-state index is 8.44. The molecule has 0 aliphatic rings. The van der Waals surface area contributed by atoms with Gasteiger partial charge in [0.05, 0.1) is 6.07 Å². The van der Waals surface area contributed by atoms with Crippen molar-refractivity contribution in [2.75, 3.05) is 0 Å². The highest BCUT2D eigenvalue weighted by molar-refractivity contribution is 4.81. The van der Waals surface area contributed by atoms with Gasteiger partial charge in [0.25, 0.3) is 0 Å². The van der Waals surface area contributed by atoms with E-state index in [0.717, 1.165) is 12.8 Å². The molecule has 0 heterocycles. The lowest BCUT2D eigenvalue weighted by molar-refractivity contribution is 0.540. The fraction of sp³-hybridized carbons (Fsp3) is 0.864. The van der Waals surface area contributed by atoms with E-state index in [1.54, 1.807) is 0 Å². The van der Waals surface area contributed by atoms with E-state index < -0.39 is 0 Å². The van der Waals surface area contributed by atoms with Gasteiger partial charge in [-0.15, -0.1) is 0 Å². The monoisotopic (exact) mass is 319 g/mol. The van der Waals surface area contributed by atoms with E-state index >= 15 is 0 Å². The highest BCUT2D eigenvalue weighted by atomic mass is 14.2. The Hall–Kier alpha value is -0.770. The molecule has 0 fully saturated rings. The Morgan fingerprint density at radius 3 is 1.39 bits per heavy atom. The van der Waals surface area contributed by atoms with Gasteiger partial charge in [-0.1, -0.05) is 96.1 Å². The highest BCUT2D eigenvalue weighted by Gasteiger charge is 1.93. The minimum atomic E-state index is 0.715. The number of allylic oxidation sites excluding steroid dienone is 2. The topological polar surface area (TPSA) is 23.8 Å². The molecular formula is C22H41N. The van der Waals surface area contributed by atoms with Gasteiger partial charge in [0, 0.05) is 6.42 Å². The fourth-order valence-electron chi connectivity index (χ4n) is 2.98.